The average molecular weight is 580 g/mol. The second-order valence-electron chi connectivity index (χ2n) is 9.72. The van der Waals surface area contributed by atoms with Gasteiger partial charge in [-0.2, -0.15) is 0 Å². The van der Waals surface area contributed by atoms with E-state index in [-0.39, 0.29) is 6.79 Å². The number of imidazole rings is 1. The maximum absolute atomic E-state index is 11.5. The first-order valence-corrected chi connectivity index (χ1v) is 13.5. The van der Waals surface area contributed by atoms with Gasteiger partial charge in [0.25, 0.3) is 0 Å². The second-order valence-corrected chi connectivity index (χ2v) is 9.72. The smallest absolute Gasteiger partial charge is 0.308 e. The van der Waals surface area contributed by atoms with Crippen LogP contribution < -0.4 is 14.2 Å². The van der Waals surface area contributed by atoms with Crippen molar-refractivity contribution in [1.29, 1.82) is 0 Å². The molecular weight excluding hydrogens is 550 g/mol. The summed E-state index contributed by atoms with van der Waals surface area (Å²) in [4.78, 5) is 44.1. The maximum Gasteiger partial charge on any atom is 0.308 e. The number of aromatic nitrogens is 3. The van der Waals surface area contributed by atoms with Crippen molar-refractivity contribution in [2.24, 2.45) is 0 Å². The van der Waals surface area contributed by atoms with Gasteiger partial charge in [0.05, 0.1) is 11.4 Å². The number of hydrogen-bond donors (Lipinski definition) is 0. The van der Waals surface area contributed by atoms with Gasteiger partial charge in [-0.1, -0.05) is 42.5 Å². The first-order valence-electron chi connectivity index (χ1n) is 13.5. The molecule has 0 unspecified atom stereocenters. The highest BCUT2D eigenvalue weighted by molar-refractivity contribution is 5.70. The highest BCUT2D eigenvalue weighted by Gasteiger charge is 2.20. The van der Waals surface area contributed by atoms with E-state index in [0.29, 0.717) is 52.9 Å². The number of esters is 3. The summed E-state index contributed by atoms with van der Waals surface area (Å²) in [6.07, 6.45) is 2.70. The van der Waals surface area contributed by atoms with E-state index in [1.54, 1.807) is 24.3 Å². The number of ether oxygens (including phenoxy) is 4. The van der Waals surface area contributed by atoms with Crippen LogP contribution in [0.2, 0.25) is 0 Å². The van der Waals surface area contributed by atoms with Gasteiger partial charge in [0.15, 0.2) is 5.65 Å². The molecule has 0 aliphatic heterocycles. The van der Waals surface area contributed by atoms with Crippen LogP contribution in [-0.2, 0) is 32.0 Å². The second kappa shape index (κ2) is 13.0. The lowest BCUT2D eigenvalue weighted by Crippen LogP contribution is -2.10. The molecule has 0 N–H and O–H groups in total. The predicted molar refractivity (Wildman–Crippen MR) is 157 cm³/mol. The van der Waals surface area contributed by atoms with Crippen molar-refractivity contribution < 1.29 is 33.3 Å². The molecule has 0 aliphatic carbocycles. The molecule has 0 amide bonds. The van der Waals surface area contributed by atoms with E-state index in [2.05, 4.69) is 0 Å². The monoisotopic (exact) mass is 579 g/mol. The van der Waals surface area contributed by atoms with Crippen LogP contribution in [0.1, 0.15) is 43.3 Å². The molecule has 0 saturated heterocycles. The molecule has 0 spiro atoms. The Hall–Kier alpha value is -5.51. The molecular formula is C33H29N3O7. The molecule has 2 heterocycles. The molecule has 0 aliphatic rings. The molecule has 3 aromatic carbocycles. The van der Waals surface area contributed by atoms with Gasteiger partial charge in [0.1, 0.15) is 17.2 Å². The van der Waals surface area contributed by atoms with E-state index in [9.17, 15) is 14.4 Å². The van der Waals surface area contributed by atoms with Crippen LogP contribution in [-0.4, -0.2) is 39.1 Å². The third kappa shape index (κ3) is 7.42. The van der Waals surface area contributed by atoms with Gasteiger partial charge in [0, 0.05) is 45.4 Å². The molecule has 10 heteroatoms. The van der Waals surface area contributed by atoms with E-state index in [1.807, 2.05) is 65.2 Å². The van der Waals surface area contributed by atoms with Crippen molar-refractivity contribution in [3.8, 4) is 28.6 Å². The van der Waals surface area contributed by atoms with Crippen LogP contribution in [0.3, 0.4) is 0 Å². The van der Waals surface area contributed by atoms with Gasteiger partial charge in [-0.15, -0.1) is 0 Å². The molecule has 5 rings (SSSR count). The standard InChI is InChI=1S/C33H29N3O7/c1-21(37)40-20-41-33-30(18-25-9-13-27(14-10-25)42-22(2)38)35-32-29(17-24-7-5-4-6-8-24)34-31(19-36(32)33)26-11-15-28(16-12-26)43-23(3)39/h4-16,19H,17-18,20H2,1-3H3. The van der Waals surface area contributed by atoms with Crippen molar-refractivity contribution in [3.63, 3.8) is 0 Å². The quantitative estimate of drug-likeness (QED) is 0.123. The molecule has 0 fully saturated rings. The lowest BCUT2D eigenvalue weighted by molar-refractivity contribution is -0.147. The van der Waals surface area contributed by atoms with Crippen molar-refractivity contribution in [2.75, 3.05) is 6.79 Å². The van der Waals surface area contributed by atoms with Crippen molar-refractivity contribution in [3.05, 3.63) is 108 Å². The molecule has 0 saturated carbocycles. The van der Waals surface area contributed by atoms with Gasteiger partial charge in [0.2, 0.25) is 12.7 Å². The molecule has 43 heavy (non-hydrogen) atoms. The third-order valence-electron chi connectivity index (χ3n) is 6.34. The van der Waals surface area contributed by atoms with E-state index < -0.39 is 17.9 Å². The van der Waals surface area contributed by atoms with Crippen molar-refractivity contribution in [2.45, 2.75) is 33.6 Å². The van der Waals surface area contributed by atoms with Crippen LogP contribution in [0, 0.1) is 0 Å². The Bertz CT molecular complexity index is 1760. The first-order chi connectivity index (χ1) is 20.7. The number of hydrogen-bond acceptors (Lipinski definition) is 9. The zero-order valence-corrected chi connectivity index (χ0v) is 23.9. The summed E-state index contributed by atoms with van der Waals surface area (Å²) in [6, 6.07) is 24.1. The zero-order chi connectivity index (χ0) is 30.3. The summed E-state index contributed by atoms with van der Waals surface area (Å²) < 4.78 is 23.3. The van der Waals surface area contributed by atoms with E-state index in [0.717, 1.165) is 16.7 Å². The van der Waals surface area contributed by atoms with E-state index in [1.165, 1.54) is 20.8 Å². The largest absolute Gasteiger partial charge is 0.440 e. The number of nitrogens with zero attached hydrogens (tertiary/aromatic N) is 3. The van der Waals surface area contributed by atoms with Gasteiger partial charge in [-0.25, -0.2) is 9.97 Å². The Balaban J connectivity index is 1.61. The van der Waals surface area contributed by atoms with Gasteiger partial charge in [-0.3, -0.25) is 18.8 Å². The topological polar surface area (TPSA) is 118 Å². The van der Waals surface area contributed by atoms with Gasteiger partial charge < -0.3 is 18.9 Å². The molecule has 0 radical (unpaired) electrons. The zero-order valence-electron chi connectivity index (χ0n) is 23.9. The number of fused-ring (bicyclic) bond motifs is 1. The highest BCUT2D eigenvalue weighted by atomic mass is 16.7. The molecule has 2 aromatic heterocycles. The van der Waals surface area contributed by atoms with Crippen molar-refractivity contribution >= 4 is 23.6 Å². The Morgan fingerprint density at radius 3 is 1.86 bits per heavy atom. The van der Waals surface area contributed by atoms with E-state index >= 15 is 0 Å². The van der Waals surface area contributed by atoms with Gasteiger partial charge >= 0.3 is 17.9 Å². The number of carbonyl (C=O) groups excluding carboxylic acids is 3. The minimum absolute atomic E-state index is 0.301. The summed E-state index contributed by atoms with van der Waals surface area (Å²) in [5, 5.41) is 0. The Kier molecular flexibility index (Phi) is 8.76. The molecule has 5 aromatic rings. The van der Waals surface area contributed by atoms with Crippen molar-refractivity contribution in [1.82, 2.24) is 14.4 Å². The fourth-order valence-corrected chi connectivity index (χ4v) is 4.51. The predicted octanol–water partition coefficient (Wildman–Crippen LogP) is 5.33. The lowest BCUT2D eigenvalue weighted by Gasteiger charge is -2.11. The lowest BCUT2D eigenvalue weighted by atomic mass is 10.1. The highest BCUT2D eigenvalue weighted by Crippen LogP contribution is 2.30. The van der Waals surface area contributed by atoms with Crippen LogP contribution >= 0.6 is 0 Å². The number of rotatable bonds is 10. The number of benzene rings is 3. The minimum Gasteiger partial charge on any atom is -0.440 e. The Morgan fingerprint density at radius 2 is 1.26 bits per heavy atom. The normalized spacial score (nSPS) is 10.8. The van der Waals surface area contributed by atoms with Crippen LogP contribution in [0.4, 0.5) is 0 Å². The van der Waals surface area contributed by atoms with Gasteiger partial charge in [-0.05, 0) is 47.5 Å². The first kappa shape index (κ1) is 29.0. The fraction of sp³-hybridized carbons (Fsp3) is 0.182. The summed E-state index contributed by atoms with van der Waals surface area (Å²) in [7, 11) is 0. The SMILES string of the molecule is CC(=O)OCOc1c(Cc2ccc(OC(C)=O)cc2)nc2c(Cc3ccccc3)nc(-c3ccc(OC(C)=O)cc3)cn12. The molecule has 0 atom stereocenters. The van der Waals surface area contributed by atoms with E-state index in [4.69, 9.17) is 28.9 Å². The molecule has 0 bridgehead atoms. The summed E-state index contributed by atoms with van der Waals surface area (Å²) >= 11 is 0. The summed E-state index contributed by atoms with van der Waals surface area (Å²) in [5.74, 6) is -0.0112. The third-order valence-corrected chi connectivity index (χ3v) is 6.34. The van der Waals surface area contributed by atoms with Crippen LogP contribution in [0.5, 0.6) is 17.4 Å². The molecule has 218 valence electrons. The minimum atomic E-state index is -0.476. The molecule has 10 nitrogen and oxygen atoms in total. The Morgan fingerprint density at radius 1 is 0.674 bits per heavy atom. The van der Waals surface area contributed by atoms with Crippen LogP contribution in [0.15, 0.2) is 85.1 Å². The maximum atomic E-state index is 11.5. The number of carbonyl (C=O) groups is 3. The summed E-state index contributed by atoms with van der Waals surface area (Å²) in [5.41, 5.74) is 5.28. The average Bonchev–Trinajstić information content (AvgIpc) is 3.31. The fourth-order valence-electron chi connectivity index (χ4n) is 4.51. The Labute approximate surface area is 247 Å². The van der Waals surface area contributed by atoms with Crippen LogP contribution in [0.25, 0.3) is 16.9 Å². The summed E-state index contributed by atoms with van der Waals surface area (Å²) in [6.45, 7) is 3.70.